The average molecular weight is 367 g/mol. The van der Waals surface area contributed by atoms with Crippen LogP contribution in [-0.4, -0.2) is 64.7 Å². The Hall–Kier alpha value is -2.68. The van der Waals surface area contributed by atoms with Gasteiger partial charge >= 0.3 is 17.0 Å². The molecule has 1 aromatic rings. The predicted molar refractivity (Wildman–Crippen MR) is 87.5 cm³/mol. The van der Waals surface area contributed by atoms with Gasteiger partial charge in [0.25, 0.3) is 0 Å². The number of piperidine rings is 1. The van der Waals surface area contributed by atoms with Gasteiger partial charge in [0.05, 0.1) is 12.7 Å². The van der Waals surface area contributed by atoms with E-state index in [0.717, 1.165) is 12.8 Å². The molecule has 0 aliphatic carbocycles. The van der Waals surface area contributed by atoms with Crippen LogP contribution in [0.1, 0.15) is 29.6 Å². The van der Waals surface area contributed by atoms with Crippen molar-refractivity contribution in [1.29, 1.82) is 0 Å². The summed E-state index contributed by atoms with van der Waals surface area (Å²) < 4.78 is 10.6. The van der Waals surface area contributed by atoms with E-state index in [1.807, 2.05) is 13.1 Å². The second-order valence-corrected chi connectivity index (χ2v) is 6.31. The third kappa shape index (κ3) is 4.48. The highest BCUT2D eigenvalue weighted by Gasteiger charge is 2.50. The second-order valence-electron chi connectivity index (χ2n) is 6.31. The first kappa shape index (κ1) is 19.6. The second kappa shape index (κ2) is 8.61. The monoisotopic (exact) mass is 367 g/mol. The van der Waals surface area contributed by atoms with Gasteiger partial charge < -0.3 is 9.47 Å². The molecule has 0 aromatic heterocycles. The maximum atomic E-state index is 12.3. The molecule has 2 aliphatic rings. The number of esters is 2. The quantitative estimate of drug-likeness (QED) is 0.608. The summed E-state index contributed by atoms with van der Waals surface area (Å²) in [5, 5.41) is 12.5. The van der Waals surface area contributed by atoms with Crippen LogP contribution in [-0.2, 0) is 14.3 Å². The third-order valence-corrected chi connectivity index (χ3v) is 4.96. The highest BCUT2D eigenvalue weighted by Crippen LogP contribution is 2.40. The topological polar surface area (TPSA) is 116 Å². The van der Waals surface area contributed by atoms with Gasteiger partial charge in [-0.3, -0.25) is 9.69 Å². The molecule has 2 saturated heterocycles. The Morgan fingerprint density at radius 1 is 1.19 bits per heavy atom. The molecule has 3 rings (SSSR count). The van der Waals surface area contributed by atoms with E-state index in [0.29, 0.717) is 18.0 Å². The molecule has 2 bridgehead atoms. The number of carbonyl (C=O) groups excluding carboxylic acids is 2. The van der Waals surface area contributed by atoms with E-state index in [2.05, 4.69) is 4.90 Å². The lowest BCUT2D eigenvalue weighted by Gasteiger charge is -2.40. The summed E-state index contributed by atoms with van der Waals surface area (Å²) in [5.74, 6) is -1.06. The zero-order valence-corrected chi connectivity index (χ0v) is 14.6. The van der Waals surface area contributed by atoms with E-state index in [1.165, 1.54) is 7.11 Å². The molecular weight excluding hydrogens is 344 g/mol. The van der Waals surface area contributed by atoms with E-state index < -0.39 is 17.1 Å². The van der Waals surface area contributed by atoms with Gasteiger partial charge in [-0.15, -0.1) is 0 Å². The van der Waals surface area contributed by atoms with E-state index in [9.17, 15) is 9.59 Å². The van der Waals surface area contributed by atoms with E-state index >= 15 is 0 Å². The van der Waals surface area contributed by atoms with Crippen LogP contribution in [0.2, 0.25) is 0 Å². The Morgan fingerprint density at radius 3 is 2.38 bits per heavy atom. The number of fused-ring (bicyclic) bond motifs is 2. The first-order valence-corrected chi connectivity index (χ1v) is 8.26. The van der Waals surface area contributed by atoms with Crippen molar-refractivity contribution >= 4 is 11.9 Å². The van der Waals surface area contributed by atoms with Crippen molar-refractivity contribution < 1.29 is 34.6 Å². The minimum absolute atomic E-state index is 0.0970. The van der Waals surface area contributed by atoms with Crippen molar-refractivity contribution in [2.45, 2.75) is 37.5 Å². The summed E-state index contributed by atoms with van der Waals surface area (Å²) in [6.45, 7) is 0. The van der Waals surface area contributed by atoms with Gasteiger partial charge in [-0.2, -0.15) is 0 Å². The Labute approximate surface area is 150 Å². The van der Waals surface area contributed by atoms with Crippen molar-refractivity contribution in [2.24, 2.45) is 5.92 Å². The van der Waals surface area contributed by atoms with Gasteiger partial charge in [0.15, 0.2) is 0 Å². The molecule has 26 heavy (non-hydrogen) atoms. The lowest BCUT2D eigenvalue weighted by atomic mass is 9.87. The minimum Gasteiger partial charge on any atom is -0.469 e. The minimum atomic E-state index is -1.25. The molecule has 2 N–H and O–H groups in total. The largest absolute Gasteiger partial charge is 0.472 e. The molecule has 0 amide bonds. The van der Waals surface area contributed by atoms with Crippen LogP contribution in [0.3, 0.4) is 0 Å². The number of hydrogen-bond donors (Lipinski definition) is 2. The molecule has 0 saturated carbocycles. The van der Waals surface area contributed by atoms with Crippen molar-refractivity contribution in [3.63, 3.8) is 0 Å². The van der Waals surface area contributed by atoms with Crippen LogP contribution in [0.5, 0.6) is 0 Å². The summed E-state index contributed by atoms with van der Waals surface area (Å²) in [4.78, 5) is 35.2. The maximum Gasteiger partial charge on any atom is 0.472 e. The van der Waals surface area contributed by atoms with Crippen LogP contribution in [0.4, 0.5) is 0 Å². The van der Waals surface area contributed by atoms with Crippen molar-refractivity contribution in [3.8, 4) is 0 Å². The smallest absolute Gasteiger partial charge is 0.469 e. The molecule has 2 aliphatic heterocycles. The normalized spacial score (nSPS) is 27.0. The van der Waals surface area contributed by atoms with Crippen LogP contribution < -0.4 is 0 Å². The molecule has 1 aromatic carbocycles. The van der Waals surface area contributed by atoms with Crippen molar-refractivity contribution in [1.82, 2.24) is 4.90 Å². The molecule has 0 spiro atoms. The molecule has 2 heterocycles. The molecule has 4 atom stereocenters. The zero-order chi connectivity index (χ0) is 19.3. The Bertz CT molecular complexity index is 648. The highest BCUT2D eigenvalue weighted by atomic mass is 16.9. The first-order chi connectivity index (χ1) is 12.3. The first-order valence-electron chi connectivity index (χ1n) is 8.26. The molecule has 9 nitrogen and oxygen atoms in total. The molecule has 0 radical (unpaired) electrons. The van der Waals surface area contributed by atoms with E-state index in [-0.39, 0.29) is 18.0 Å². The highest BCUT2D eigenvalue weighted by molar-refractivity contribution is 5.89. The molecule has 4 unspecified atom stereocenters. The summed E-state index contributed by atoms with van der Waals surface area (Å²) in [6.07, 6.45) is 2.26. The third-order valence-electron chi connectivity index (χ3n) is 4.96. The number of methoxy groups -OCH3 is 1. The van der Waals surface area contributed by atoms with Gasteiger partial charge in [0, 0.05) is 18.5 Å². The lowest BCUT2D eigenvalue weighted by molar-refractivity contribution is -0.969. The Balaban J connectivity index is 0.000000552. The van der Waals surface area contributed by atoms with Crippen LogP contribution in [0, 0.1) is 10.8 Å². The fraction of sp³-hybridized carbons (Fsp3) is 0.529. The van der Waals surface area contributed by atoms with Crippen LogP contribution in [0.15, 0.2) is 30.3 Å². The molecular formula is C17H23N2O7+. The Morgan fingerprint density at radius 2 is 1.81 bits per heavy atom. The van der Waals surface area contributed by atoms with Crippen LogP contribution >= 0.6 is 0 Å². The molecule has 2 fully saturated rings. The summed E-state index contributed by atoms with van der Waals surface area (Å²) >= 11 is 0. The summed E-state index contributed by atoms with van der Waals surface area (Å²) in [5.41, 5.74) is 0.511. The number of nitrogens with zero attached hydrogens (tertiary/aromatic N) is 2. The van der Waals surface area contributed by atoms with Crippen molar-refractivity contribution in [3.05, 3.63) is 40.8 Å². The Kier molecular flexibility index (Phi) is 6.51. The lowest BCUT2D eigenvalue weighted by Crippen LogP contribution is -2.53. The van der Waals surface area contributed by atoms with E-state index in [4.69, 9.17) is 24.8 Å². The van der Waals surface area contributed by atoms with Gasteiger partial charge in [-0.05, 0) is 32.0 Å². The standard InChI is InChI=1S/C17H21NO4.H2NO3/c1-18-12-8-9-13(18)15(17(20)21-2)14(10-12)22-16(19)11-6-4-3-5-7-11;2-1(3)4/h3-7,12-15H,8-10H2,1-2H3;(H2,2,3,4)/q;+1. The number of hydrogen-bond acceptors (Lipinski definition) is 6. The van der Waals surface area contributed by atoms with Crippen LogP contribution in [0.25, 0.3) is 0 Å². The van der Waals surface area contributed by atoms with Crippen molar-refractivity contribution in [2.75, 3.05) is 14.2 Å². The maximum absolute atomic E-state index is 12.3. The van der Waals surface area contributed by atoms with Gasteiger partial charge in [-0.1, -0.05) is 18.2 Å². The van der Waals surface area contributed by atoms with Gasteiger partial charge in [0.2, 0.25) is 0 Å². The average Bonchev–Trinajstić information content (AvgIpc) is 2.85. The molecule has 142 valence electrons. The summed E-state index contributed by atoms with van der Waals surface area (Å²) in [7, 11) is 3.42. The predicted octanol–water partition coefficient (Wildman–Crippen LogP) is 1.41. The zero-order valence-electron chi connectivity index (χ0n) is 14.6. The van der Waals surface area contributed by atoms with Gasteiger partial charge in [-0.25, -0.2) is 15.2 Å². The fourth-order valence-electron chi connectivity index (χ4n) is 3.77. The van der Waals surface area contributed by atoms with Gasteiger partial charge in [0.1, 0.15) is 16.9 Å². The summed E-state index contributed by atoms with van der Waals surface area (Å²) in [6, 6.07) is 9.36. The number of carbonyl (C=O) groups is 2. The number of ether oxygens (including phenoxy) is 2. The SMILES string of the molecule is COC(=O)C1C(OC(=O)c2ccccc2)CC2CCC1N2C.O=[N+](O)O. The van der Waals surface area contributed by atoms with E-state index in [1.54, 1.807) is 24.3 Å². The molecule has 9 heteroatoms. The fourth-order valence-corrected chi connectivity index (χ4v) is 3.77. The number of benzene rings is 1. The number of rotatable bonds is 3.